The molecule has 9 heavy (non-hydrogen) atoms. The highest BCUT2D eigenvalue weighted by Gasteiger charge is 2.41. The molecule has 0 spiro atoms. The van der Waals surface area contributed by atoms with E-state index in [2.05, 4.69) is 18.7 Å². The lowest BCUT2D eigenvalue weighted by molar-refractivity contribution is -0.123. The van der Waals surface area contributed by atoms with Gasteiger partial charge in [-0.3, -0.25) is 4.90 Å². The zero-order valence-electron chi connectivity index (χ0n) is 6.22. The quantitative estimate of drug-likeness (QED) is 0.482. The molecule has 0 amide bonds. The lowest BCUT2D eigenvalue weighted by atomic mass is 9.83. The third-order valence-corrected chi connectivity index (χ3v) is 2.32. The summed E-state index contributed by atoms with van der Waals surface area (Å²) in [4.78, 5) is 12.3. The molecule has 1 fully saturated rings. The van der Waals surface area contributed by atoms with E-state index in [-0.39, 0.29) is 11.6 Å². The summed E-state index contributed by atoms with van der Waals surface area (Å²) in [6.45, 7) is 4.29. The maximum Gasteiger partial charge on any atom is 0.137 e. The third kappa shape index (κ3) is 0.874. The first kappa shape index (κ1) is 6.75. The van der Waals surface area contributed by atoms with Gasteiger partial charge in [-0.1, -0.05) is 0 Å². The summed E-state index contributed by atoms with van der Waals surface area (Å²) in [5, 5.41) is 0. The lowest BCUT2D eigenvalue weighted by Gasteiger charge is -2.50. The molecule has 0 aromatic rings. The Kier molecular flexibility index (Phi) is 1.35. The summed E-state index contributed by atoms with van der Waals surface area (Å²) in [7, 11) is 1.99. The second kappa shape index (κ2) is 1.81. The number of likely N-dealkylation sites (tertiary alicyclic amines) is 1. The predicted octanol–water partition coefficient (Wildman–Crippen LogP) is 0.668. The molecule has 1 aliphatic heterocycles. The number of hydrogen-bond donors (Lipinski definition) is 0. The average Bonchev–Trinajstić information content (AvgIpc) is 1.82. The van der Waals surface area contributed by atoms with E-state index in [0.29, 0.717) is 0 Å². The Balaban J connectivity index is 2.50. The molecule has 1 unspecified atom stereocenters. The Morgan fingerprint density at radius 1 is 1.67 bits per heavy atom. The van der Waals surface area contributed by atoms with Gasteiger partial charge in [0.2, 0.25) is 0 Å². The maximum absolute atomic E-state index is 10.2. The highest BCUT2D eigenvalue weighted by atomic mass is 16.1. The molecule has 0 aliphatic carbocycles. The van der Waals surface area contributed by atoms with Crippen molar-refractivity contribution in [2.75, 3.05) is 7.05 Å². The van der Waals surface area contributed by atoms with Gasteiger partial charge < -0.3 is 4.79 Å². The van der Waals surface area contributed by atoms with Crippen LogP contribution in [-0.4, -0.2) is 29.8 Å². The molecule has 0 bridgehead atoms. The normalized spacial score (nSPS) is 33.4. The SMILES string of the molecule is CN1C(C=O)CC1(C)C. The molecule has 0 aromatic carbocycles. The largest absolute Gasteiger partial charge is 0.302 e. The monoisotopic (exact) mass is 127 g/mol. The van der Waals surface area contributed by atoms with E-state index in [1.54, 1.807) is 0 Å². The zero-order chi connectivity index (χ0) is 7.07. The van der Waals surface area contributed by atoms with Crippen LogP contribution in [0, 0.1) is 0 Å². The van der Waals surface area contributed by atoms with Crippen LogP contribution in [0.2, 0.25) is 0 Å². The molecule has 0 aromatic heterocycles. The van der Waals surface area contributed by atoms with Crippen molar-refractivity contribution in [3.63, 3.8) is 0 Å². The standard InChI is InChI=1S/C7H13NO/c1-7(2)4-6(5-9)8(7)3/h5-6H,4H2,1-3H3. The molecule has 1 aliphatic rings. The van der Waals surface area contributed by atoms with Crippen LogP contribution in [0.3, 0.4) is 0 Å². The van der Waals surface area contributed by atoms with Crippen LogP contribution in [0.1, 0.15) is 20.3 Å². The number of hydrogen-bond acceptors (Lipinski definition) is 2. The fourth-order valence-corrected chi connectivity index (χ4v) is 1.27. The summed E-state index contributed by atoms with van der Waals surface area (Å²) in [6, 6.07) is 0.181. The smallest absolute Gasteiger partial charge is 0.137 e. The van der Waals surface area contributed by atoms with Gasteiger partial charge in [0, 0.05) is 5.54 Å². The fourth-order valence-electron chi connectivity index (χ4n) is 1.27. The highest BCUT2D eigenvalue weighted by Crippen LogP contribution is 2.32. The number of aldehydes is 1. The second-order valence-electron chi connectivity index (χ2n) is 3.33. The summed E-state index contributed by atoms with van der Waals surface area (Å²) in [6.07, 6.45) is 2.03. The molecule has 1 atom stereocenters. The Morgan fingerprint density at radius 3 is 2.33 bits per heavy atom. The van der Waals surface area contributed by atoms with Crippen LogP contribution in [-0.2, 0) is 4.79 Å². The number of rotatable bonds is 1. The van der Waals surface area contributed by atoms with Crippen molar-refractivity contribution in [3.05, 3.63) is 0 Å². The van der Waals surface area contributed by atoms with Gasteiger partial charge in [-0.25, -0.2) is 0 Å². The van der Waals surface area contributed by atoms with Gasteiger partial charge in [0.05, 0.1) is 6.04 Å². The van der Waals surface area contributed by atoms with Gasteiger partial charge in [0.15, 0.2) is 0 Å². The Hall–Kier alpha value is -0.370. The Labute approximate surface area is 55.8 Å². The number of carbonyl (C=O) groups is 1. The van der Waals surface area contributed by atoms with E-state index in [1.165, 1.54) is 0 Å². The number of likely N-dealkylation sites (N-methyl/N-ethyl adjacent to an activating group) is 1. The van der Waals surface area contributed by atoms with Crippen molar-refractivity contribution in [2.45, 2.75) is 31.8 Å². The molecule has 2 heteroatoms. The Morgan fingerprint density at radius 2 is 2.22 bits per heavy atom. The van der Waals surface area contributed by atoms with Crippen LogP contribution in [0.25, 0.3) is 0 Å². The topological polar surface area (TPSA) is 20.3 Å². The van der Waals surface area contributed by atoms with E-state index in [1.807, 2.05) is 7.05 Å². The third-order valence-electron chi connectivity index (χ3n) is 2.32. The van der Waals surface area contributed by atoms with Crippen LogP contribution in [0.15, 0.2) is 0 Å². The van der Waals surface area contributed by atoms with Crippen LogP contribution < -0.4 is 0 Å². The molecule has 0 N–H and O–H groups in total. The van der Waals surface area contributed by atoms with E-state index in [0.717, 1.165) is 12.7 Å². The first-order chi connectivity index (χ1) is 4.08. The first-order valence-corrected chi connectivity index (χ1v) is 3.26. The van der Waals surface area contributed by atoms with Gasteiger partial charge >= 0.3 is 0 Å². The minimum atomic E-state index is 0.181. The molecule has 1 rings (SSSR count). The van der Waals surface area contributed by atoms with Crippen molar-refractivity contribution in [1.82, 2.24) is 4.90 Å². The molecular formula is C7H13NO. The molecular weight excluding hydrogens is 114 g/mol. The minimum absolute atomic E-state index is 0.181. The van der Waals surface area contributed by atoms with Crippen molar-refractivity contribution < 1.29 is 4.79 Å². The van der Waals surface area contributed by atoms with Gasteiger partial charge in [0.25, 0.3) is 0 Å². The molecule has 2 nitrogen and oxygen atoms in total. The van der Waals surface area contributed by atoms with Crippen LogP contribution in [0.4, 0.5) is 0 Å². The van der Waals surface area contributed by atoms with Gasteiger partial charge in [0.1, 0.15) is 6.29 Å². The summed E-state index contributed by atoms with van der Waals surface area (Å²) < 4.78 is 0. The van der Waals surface area contributed by atoms with E-state index >= 15 is 0 Å². The molecule has 52 valence electrons. The van der Waals surface area contributed by atoms with Crippen molar-refractivity contribution >= 4 is 6.29 Å². The Bertz CT molecular complexity index is 131. The van der Waals surface area contributed by atoms with E-state index in [4.69, 9.17) is 0 Å². The van der Waals surface area contributed by atoms with Crippen LogP contribution in [0.5, 0.6) is 0 Å². The summed E-state index contributed by atoms with van der Waals surface area (Å²) in [5.41, 5.74) is 0.256. The maximum atomic E-state index is 10.2. The average molecular weight is 127 g/mol. The van der Waals surface area contributed by atoms with Crippen molar-refractivity contribution in [2.24, 2.45) is 0 Å². The molecule has 0 radical (unpaired) electrons. The van der Waals surface area contributed by atoms with Crippen molar-refractivity contribution in [3.8, 4) is 0 Å². The first-order valence-electron chi connectivity index (χ1n) is 3.26. The molecule has 1 saturated heterocycles. The van der Waals surface area contributed by atoms with E-state index < -0.39 is 0 Å². The van der Waals surface area contributed by atoms with Crippen LogP contribution >= 0.6 is 0 Å². The highest BCUT2D eigenvalue weighted by molar-refractivity contribution is 5.60. The van der Waals surface area contributed by atoms with Gasteiger partial charge in [-0.05, 0) is 27.3 Å². The molecule has 1 heterocycles. The second-order valence-corrected chi connectivity index (χ2v) is 3.33. The van der Waals surface area contributed by atoms with Crippen molar-refractivity contribution in [1.29, 1.82) is 0 Å². The van der Waals surface area contributed by atoms with Gasteiger partial charge in [-0.15, -0.1) is 0 Å². The molecule has 0 saturated carbocycles. The van der Waals surface area contributed by atoms with Gasteiger partial charge in [-0.2, -0.15) is 0 Å². The fraction of sp³-hybridized carbons (Fsp3) is 0.857. The summed E-state index contributed by atoms with van der Waals surface area (Å²) >= 11 is 0. The minimum Gasteiger partial charge on any atom is -0.302 e. The summed E-state index contributed by atoms with van der Waals surface area (Å²) in [5.74, 6) is 0. The van der Waals surface area contributed by atoms with E-state index in [9.17, 15) is 4.79 Å². The predicted molar refractivity (Wildman–Crippen MR) is 36.3 cm³/mol. The zero-order valence-corrected chi connectivity index (χ0v) is 6.22. The number of carbonyl (C=O) groups excluding carboxylic acids is 1. The lowest BCUT2D eigenvalue weighted by Crippen LogP contribution is -2.61. The number of nitrogens with zero attached hydrogens (tertiary/aromatic N) is 1.